The van der Waals surface area contributed by atoms with Gasteiger partial charge < -0.3 is 10.2 Å². The van der Waals surface area contributed by atoms with E-state index in [9.17, 15) is 9.59 Å². The van der Waals surface area contributed by atoms with E-state index in [0.29, 0.717) is 25.4 Å². The van der Waals surface area contributed by atoms with Crippen LogP contribution in [-0.4, -0.2) is 29.3 Å². The van der Waals surface area contributed by atoms with Crippen LogP contribution < -0.4 is 5.32 Å². The van der Waals surface area contributed by atoms with Crippen molar-refractivity contribution in [1.29, 1.82) is 0 Å². The first-order valence-corrected chi connectivity index (χ1v) is 12.1. The van der Waals surface area contributed by atoms with Gasteiger partial charge in [0.1, 0.15) is 6.04 Å². The van der Waals surface area contributed by atoms with Crippen molar-refractivity contribution in [3.63, 3.8) is 0 Å². The summed E-state index contributed by atoms with van der Waals surface area (Å²) in [6, 6.07) is 26.8. The van der Waals surface area contributed by atoms with Crippen molar-refractivity contribution >= 4 is 27.7 Å². The Hall–Kier alpha value is -2.92. The minimum Gasteiger partial charge on any atom is -0.354 e. The lowest BCUT2D eigenvalue weighted by Crippen LogP contribution is -2.51. The molecule has 0 fully saturated rings. The summed E-state index contributed by atoms with van der Waals surface area (Å²) in [5.74, 6) is 0.135. The van der Waals surface area contributed by atoms with E-state index in [0.717, 1.165) is 21.2 Å². The standard InChI is InChI=1S/C28H31BrN2O2/c1-21(2)19-30-28(33)26(17-22-10-5-3-6-11-22)31(20-24-14-9-15-25(29)16-24)27(32)18-23-12-7-4-8-13-23/h3-16,21,26H,17-20H2,1-2H3,(H,30,33). The molecule has 0 saturated heterocycles. The minimum atomic E-state index is -0.610. The quantitative estimate of drug-likeness (QED) is 0.399. The molecule has 0 heterocycles. The molecule has 0 aliphatic carbocycles. The van der Waals surface area contributed by atoms with Crippen LogP contribution in [-0.2, 0) is 29.0 Å². The number of hydrogen-bond donors (Lipinski definition) is 1. The van der Waals surface area contributed by atoms with Gasteiger partial charge in [0, 0.05) is 24.0 Å². The Kier molecular flexibility index (Phi) is 9.25. The summed E-state index contributed by atoms with van der Waals surface area (Å²) in [4.78, 5) is 28.7. The molecule has 0 aromatic heterocycles. The summed E-state index contributed by atoms with van der Waals surface area (Å²) in [5, 5.41) is 3.06. The number of carbonyl (C=O) groups excluding carboxylic acids is 2. The van der Waals surface area contributed by atoms with Crippen molar-refractivity contribution in [3.05, 3.63) is 106 Å². The SMILES string of the molecule is CC(C)CNC(=O)C(Cc1ccccc1)N(Cc1cccc(Br)c1)C(=O)Cc1ccccc1. The average Bonchev–Trinajstić information content (AvgIpc) is 2.81. The third-order valence-corrected chi connectivity index (χ3v) is 5.89. The van der Waals surface area contributed by atoms with Crippen LogP contribution in [0.15, 0.2) is 89.4 Å². The monoisotopic (exact) mass is 506 g/mol. The molecule has 0 saturated carbocycles. The summed E-state index contributed by atoms with van der Waals surface area (Å²) in [6.45, 7) is 5.05. The van der Waals surface area contributed by atoms with Crippen LogP contribution in [0.3, 0.4) is 0 Å². The number of rotatable bonds is 10. The lowest BCUT2D eigenvalue weighted by molar-refractivity contribution is -0.140. The smallest absolute Gasteiger partial charge is 0.243 e. The highest BCUT2D eigenvalue weighted by molar-refractivity contribution is 9.10. The fourth-order valence-corrected chi connectivity index (χ4v) is 4.13. The van der Waals surface area contributed by atoms with E-state index in [1.165, 1.54) is 0 Å². The van der Waals surface area contributed by atoms with Crippen LogP contribution in [0.4, 0.5) is 0 Å². The Morgan fingerprint density at radius 1 is 0.848 bits per heavy atom. The van der Waals surface area contributed by atoms with E-state index in [2.05, 4.69) is 35.1 Å². The van der Waals surface area contributed by atoms with Gasteiger partial charge in [0.2, 0.25) is 11.8 Å². The Bertz CT molecular complexity index is 1040. The van der Waals surface area contributed by atoms with E-state index in [4.69, 9.17) is 0 Å². The summed E-state index contributed by atoms with van der Waals surface area (Å²) < 4.78 is 0.944. The average molecular weight is 507 g/mol. The highest BCUT2D eigenvalue weighted by atomic mass is 79.9. The Morgan fingerprint density at radius 2 is 1.45 bits per heavy atom. The molecule has 3 rings (SSSR count). The van der Waals surface area contributed by atoms with Crippen molar-refractivity contribution in [2.75, 3.05) is 6.54 Å². The van der Waals surface area contributed by atoms with Crippen LogP contribution in [0, 0.1) is 5.92 Å². The number of halogens is 1. The van der Waals surface area contributed by atoms with E-state index in [-0.39, 0.29) is 18.2 Å². The first kappa shape index (κ1) is 24.7. The Morgan fingerprint density at radius 3 is 2.06 bits per heavy atom. The number of nitrogens with zero attached hydrogens (tertiary/aromatic N) is 1. The lowest BCUT2D eigenvalue weighted by atomic mass is 10.0. The topological polar surface area (TPSA) is 49.4 Å². The molecule has 0 aliphatic heterocycles. The van der Waals surface area contributed by atoms with Gasteiger partial charge in [0.25, 0.3) is 0 Å². The predicted octanol–water partition coefficient (Wildman–Crippen LogP) is 5.40. The van der Waals surface area contributed by atoms with Crippen LogP contribution >= 0.6 is 15.9 Å². The molecule has 5 heteroatoms. The molecular weight excluding hydrogens is 476 g/mol. The maximum absolute atomic E-state index is 13.6. The molecule has 0 spiro atoms. The van der Waals surface area contributed by atoms with Gasteiger partial charge in [-0.05, 0) is 34.7 Å². The molecule has 1 atom stereocenters. The number of amides is 2. The van der Waals surface area contributed by atoms with Crippen molar-refractivity contribution in [2.24, 2.45) is 5.92 Å². The fourth-order valence-electron chi connectivity index (χ4n) is 3.68. The number of benzene rings is 3. The second-order valence-corrected chi connectivity index (χ2v) is 9.57. The van der Waals surface area contributed by atoms with Gasteiger partial charge in [0.05, 0.1) is 6.42 Å². The van der Waals surface area contributed by atoms with Gasteiger partial charge in [-0.15, -0.1) is 0 Å². The molecule has 1 N–H and O–H groups in total. The summed E-state index contributed by atoms with van der Waals surface area (Å²) in [6.07, 6.45) is 0.705. The van der Waals surface area contributed by atoms with Gasteiger partial charge >= 0.3 is 0 Å². The number of carbonyl (C=O) groups is 2. The molecule has 172 valence electrons. The van der Waals surface area contributed by atoms with Crippen LogP contribution in [0.5, 0.6) is 0 Å². The van der Waals surface area contributed by atoms with Crippen molar-refractivity contribution in [2.45, 2.75) is 39.3 Å². The third-order valence-electron chi connectivity index (χ3n) is 5.40. The first-order valence-electron chi connectivity index (χ1n) is 11.3. The molecule has 3 aromatic rings. The van der Waals surface area contributed by atoms with Crippen LogP contribution in [0.2, 0.25) is 0 Å². The summed E-state index contributed by atoms with van der Waals surface area (Å²) in [5.41, 5.74) is 2.93. The van der Waals surface area contributed by atoms with Crippen molar-refractivity contribution in [1.82, 2.24) is 10.2 Å². The molecule has 0 bridgehead atoms. The maximum atomic E-state index is 13.6. The summed E-state index contributed by atoms with van der Waals surface area (Å²) in [7, 11) is 0. The third kappa shape index (κ3) is 7.86. The van der Waals surface area contributed by atoms with Crippen LogP contribution in [0.1, 0.15) is 30.5 Å². The zero-order valence-electron chi connectivity index (χ0n) is 19.2. The predicted molar refractivity (Wildman–Crippen MR) is 137 cm³/mol. The van der Waals surface area contributed by atoms with Crippen molar-refractivity contribution < 1.29 is 9.59 Å². The molecule has 4 nitrogen and oxygen atoms in total. The van der Waals surface area contributed by atoms with Gasteiger partial charge in [-0.3, -0.25) is 9.59 Å². The molecule has 3 aromatic carbocycles. The second-order valence-electron chi connectivity index (χ2n) is 8.66. The zero-order valence-corrected chi connectivity index (χ0v) is 20.8. The highest BCUT2D eigenvalue weighted by Crippen LogP contribution is 2.19. The Labute approximate surface area is 205 Å². The van der Waals surface area contributed by atoms with Gasteiger partial charge in [0.15, 0.2) is 0 Å². The van der Waals surface area contributed by atoms with E-state index >= 15 is 0 Å². The van der Waals surface area contributed by atoms with Gasteiger partial charge in [-0.1, -0.05) is 103 Å². The van der Waals surface area contributed by atoms with Crippen LogP contribution in [0.25, 0.3) is 0 Å². The molecule has 2 amide bonds. The number of hydrogen-bond acceptors (Lipinski definition) is 2. The van der Waals surface area contributed by atoms with Crippen molar-refractivity contribution in [3.8, 4) is 0 Å². The number of nitrogens with one attached hydrogen (secondary N) is 1. The normalized spacial score (nSPS) is 11.8. The lowest BCUT2D eigenvalue weighted by Gasteiger charge is -2.32. The van der Waals surface area contributed by atoms with E-state index in [1.54, 1.807) is 4.90 Å². The zero-order chi connectivity index (χ0) is 23.6. The largest absolute Gasteiger partial charge is 0.354 e. The molecule has 33 heavy (non-hydrogen) atoms. The first-order chi connectivity index (χ1) is 15.9. The molecular formula is C28H31BrN2O2. The summed E-state index contributed by atoms with van der Waals surface area (Å²) >= 11 is 3.52. The highest BCUT2D eigenvalue weighted by Gasteiger charge is 2.30. The van der Waals surface area contributed by atoms with E-state index in [1.807, 2.05) is 84.9 Å². The second kappa shape index (κ2) is 12.4. The van der Waals surface area contributed by atoms with Gasteiger partial charge in [-0.25, -0.2) is 0 Å². The fraction of sp³-hybridized carbons (Fsp3) is 0.286. The maximum Gasteiger partial charge on any atom is 0.243 e. The van der Waals surface area contributed by atoms with E-state index < -0.39 is 6.04 Å². The van der Waals surface area contributed by atoms with Gasteiger partial charge in [-0.2, -0.15) is 0 Å². The Balaban J connectivity index is 1.94. The minimum absolute atomic E-state index is 0.0678. The molecule has 0 aliphatic rings. The molecule has 0 radical (unpaired) electrons. The molecule has 1 unspecified atom stereocenters.